The van der Waals surface area contributed by atoms with E-state index in [0.29, 0.717) is 12.0 Å². The fourth-order valence-corrected chi connectivity index (χ4v) is 2.83. The van der Waals surface area contributed by atoms with Crippen LogP contribution < -0.4 is 10.2 Å². The number of nitrogens with one attached hydrogen (secondary N) is 1. The molecule has 1 N–H and O–H groups in total. The van der Waals surface area contributed by atoms with Crippen molar-refractivity contribution < 1.29 is 0 Å². The lowest BCUT2D eigenvalue weighted by molar-refractivity contribution is 0.403. The Bertz CT molecular complexity index is 367. The summed E-state index contributed by atoms with van der Waals surface area (Å²) in [5.74, 6) is 0.586. The van der Waals surface area contributed by atoms with E-state index in [4.69, 9.17) is 0 Å². The molecule has 1 aliphatic rings. The molecule has 0 aromatic heterocycles. The quantitative estimate of drug-likeness (QED) is 0.876. The van der Waals surface area contributed by atoms with Crippen LogP contribution in [0, 0.1) is 0 Å². The van der Waals surface area contributed by atoms with Crippen molar-refractivity contribution >= 4 is 5.69 Å². The van der Waals surface area contributed by atoms with E-state index in [0.717, 1.165) is 6.54 Å². The monoisotopic (exact) mass is 246 g/mol. The standard InChI is InChI=1S/C16H26N2/c1-13(2)15-9-4-5-10-16(15)18(3)12-14-8-6-7-11-17-14/h4-5,9-10,13-14,17H,6-8,11-12H2,1-3H3. The smallest absolute Gasteiger partial charge is 0.0399 e. The van der Waals surface area contributed by atoms with Crippen LogP contribution in [-0.2, 0) is 0 Å². The number of piperidine rings is 1. The van der Waals surface area contributed by atoms with Gasteiger partial charge in [0.25, 0.3) is 0 Å². The molecule has 2 heteroatoms. The van der Waals surface area contributed by atoms with Crippen molar-refractivity contribution in [2.75, 3.05) is 25.0 Å². The minimum absolute atomic E-state index is 0.586. The van der Waals surface area contributed by atoms with E-state index in [9.17, 15) is 0 Å². The first-order chi connectivity index (χ1) is 8.68. The first kappa shape index (κ1) is 13.4. The van der Waals surface area contributed by atoms with Crippen LogP contribution in [0.2, 0.25) is 0 Å². The predicted octanol–water partition coefficient (Wildman–Crippen LogP) is 3.39. The Morgan fingerprint density at radius 1 is 1.28 bits per heavy atom. The molecule has 1 atom stereocenters. The second-order valence-electron chi connectivity index (χ2n) is 5.74. The third-order valence-electron chi connectivity index (χ3n) is 3.88. The van der Waals surface area contributed by atoms with Crippen molar-refractivity contribution in [1.82, 2.24) is 5.32 Å². The molecule has 18 heavy (non-hydrogen) atoms. The van der Waals surface area contributed by atoms with Crippen molar-refractivity contribution in [3.8, 4) is 0 Å². The maximum atomic E-state index is 3.63. The fourth-order valence-electron chi connectivity index (χ4n) is 2.83. The number of hydrogen-bond donors (Lipinski definition) is 1. The molecule has 1 aliphatic heterocycles. The van der Waals surface area contributed by atoms with Gasteiger partial charge in [0, 0.05) is 25.3 Å². The Morgan fingerprint density at radius 3 is 2.72 bits per heavy atom. The van der Waals surface area contributed by atoms with E-state index in [1.54, 1.807) is 0 Å². The molecule has 1 aromatic rings. The Morgan fingerprint density at radius 2 is 2.06 bits per heavy atom. The molecule has 0 amide bonds. The highest BCUT2D eigenvalue weighted by Crippen LogP contribution is 2.26. The van der Waals surface area contributed by atoms with Crippen LogP contribution >= 0.6 is 0 Å². The number of benzene rings is 1. The van der Waals surface area contributed by atoms with Crippen LogP contribution in [0.5, 0.6) is 0 Å². The summed E-state index contributed by atoms with van der Waals surface area (Å²) in [5, 5.41) is 3.63. The number of para-hydroxylation sites is 1. The molecule has 0 bridgehead atoms. The minimum atomic E-state index is 0.586. The molecule has 0 radical (unpaired) electrons. The molecule has 1 unspecified atom stereocenters. The van der Waals surface area contributed by atoms with Gasteiger partial charge in [0.15, 0.2) is 0 Å². The van der Waals surface area contributed by atoms with Gasteiger partial charge in [-0.1, -0.05) is 38.5 Å². The summed E-state index contributed by atoms with van der Waals surface area (Å²) in [7, 11) is 2.22. The number of likely N-dealkylation sites (N-methyl/N-ethyl adjacent to an activating group) is 1. The summed E-state index contributed by atoms with van der Waals surface area (Å²) in [4.78, 5) is 2.42. The van der Waals surface area contributed by atoms with Gasteiger partial charge in [-0.3, -0.25) is 0 Å². The molecule has 1 aromatic carbocycles. The zero-order valence-corrected chi connectivity index (χ0v) is 11.9. The van der Waals surface area contributed by atoms with Crippen LogP contribution in [0.25, 0.3) is 0 Å². The van der Waals surface area contributed by atoms with Crippen LogP contribution in [0.1, 0.15) is 44.6 Å². The topological polar surface area (TPSA) is 15.3 Å². The molecular formula is C16H26N2. The highest BCUT2D eigenvalue weighted by atomic mass is 15.1. The lowest BCUT2D eigenvalue weighted by Gasteiger charge is -2.31. The zero-order valence-electron chi connectivity index (χ0n) is 11.9. The van der Waals surface area contributed by atoms with Gasteiger partial charge in [-0.15, -0.1) is 0 Å². The maximum Gasteiger partial charge on any atom is 0.0399 e. The molecule has 1 saturated heterocycles. The minimum Gasteiger partial charge on any atom is -0.373 e. The van der Waals surface area contributed by atoms with Gasteiger partial charge in [-0.05, 0) is 36.9 Å². The van der Waals surface area contributed by atoms with Gasteiger partial charge in [0.2, 0.25) is 0 Å². The molecule has 100 valence electrons. The lowest BCUT2D eigenvalue weighted by Crippen LogP contribution is -2.42. The Labute approximate surface area is 111 Å². The predicted molar refractivity (Wildman–Crippen MR) is 79.4 cm³/mol. The van der Waals surface area contributed by atoms with Gasteiger partial charge in [0.1, 0.15) is 0 Å². The second-order valence-corrected chi connectivity index (χ2v) is 5.74. The van der Waals surface area contributed by atoms with Gasteiger partial charge < -0.3 is 10.2 Å². The maximum absolute atomic E-state index is 3.63. The van der Waals surface area contributed by atoms with Gasteiger partial charge in [0.05, 0.1) is 0 Å². The lowest BCUT2D eigenvalue weighted by atomic mass is 9.99. The Kier molecular flexibility index (Phi) is 4.65. The average Bonchev–Trinajstić information content (AvgIpc) is 2.40. The second kappa shape index (κ2) is 6.24. The summed E-state index contributed by atoms with van der Waals surface area (Å²) < 4.78 is 0. The van der Waals surface area contributed by atoms with Crippen LogP contribution in [0.3, 0.4) is 0 Å². The number of hydrogen-bond acceptors (Lipinski definition) is 2. The average molecular weight is 246 g/mol. The van der Waals surface area contributed by atoms with E-state index >= 15 is 0 Å². The van der Waals surface area contributed by atoms with Gasteiger partial charge in [-0.2, -0.15) is 0 Å². The molecule has 1 heterocycles. The van der Waals surface area contributed by atoms with Crippen molar-refractivity contribution in [3.63, 3.8) is 0 Å². The highest BCUT2D eigenvalue weighted by molar-refractivity contribution is 5.54. The van der Waals surface area contributed by atoms with Crippen LogP contribution in [0.4, 0.5) is 5.69 Å². The van der Waals surface area contributed by atoms with Crippen molar-refractivity contribution in [1.29, 1.82) is 0 Å². The summed E-state index contributed by atoms with van der Waals surface area (Å²) in [5.41, 5.74) is 2.84. The van der Waals surface area contributed by atoms with Gasteiger partial charge >= 0.3 is 0 Å². The molecule has 0 saturated carbocycles. The molecule has 0 spiro atoms. The zero-order chi connectivity index (χ0) is 13.0. The van der Waals surface area contributed by atoms with Gasteiger partial charge in [-0.25, -0.2) is 0 Å². The van der Waals surface area contributed by atoms with E-state index in [1.165, 1.54) is 37.1 Å². The van der Waals surface area contributed by atoms with Crippen molar-refractivity contribution in [3.05, 3.63) is 29.8 Å². The third kappa shape index (κ3) is 3.26. The van der Waals surface area contributed by atoms with Crippen molar-refractivity contribution in [2.24, 2.45) is 0 Å². The highest BCUT2D eigenvalue weighted by Gasteiger charge is 2.16. The Hall–Kier alpha value is -1.02. The van der Waals surface area contributed by atoms with E-state index in [-0.39, 0.29) is 0 Å². The largest absolute Gasteiger partial charge is 0.373 e. The summed E-state index contributed by atoms with van der Waals surface area (Å²) >= 11 is 0. The first-order valence-electron chi connectivity index (χ1n) is 7.22. The van der Waals surface area contributed by atoms with Crippen LogP contribution in [0.15, 0.2) is 24.3 Å². The summed E-state index contributed by atoms with van der Waals surface area (Å²) in [6.45, 7) is 6.84. The molecule has 1 fully saturated rings. The molecule has 0 aliphatic carbocycles. The number of nitrogens with zero attached hydrogens (tertiary/aromatic N) is 1. The van der Waals surface area contributed by atoms with Crippen molar-refractivity contribution in [2.45, 2.75) is 45.1 Å². The molecular weight excluding hydrogens is 220 g/mol. The molecule has 2 nitrogen and oxygen atoms in total. The summed E-state index contributed by atoms with van der Waals surface area (Å²) in [6, 6.07) is 9.45. The number of anilines is 1. The Balaban J connectivity index is 2.05. The first-order valence-corrected chi connectivity index (χ1v) is 7.22. The normalized spacial score (nSPS) is 20.1. The number of rotatable bonds is 4. The SMILES string of the molecule is CC(C)c1ccccc1N(C)CC1CCCCN1. The summed E-state index contributed by atoms with van der Waals surface area (Å²) in [6.07, 6.45) is 4.02. The van der Waals surface area contributed by atoms with E-state index < -0.39 is 0 Å². The van der Waals surface area contributed by atoms with Crippen LogP contribution in [-0.4, -0.2) is 26.2 Å². The fraction of sp³-hybridized carbons (Fsp3) is 0.625. The van der Waals surface area contributed by atoms with E-state index in [1.807, 2.05) is 0 Å². The van der Waals surface area contributed by atoms with E-state index in [2.05, 4.69) is 55.4 Å². The third-order valence-corrected chi connectivity index (χ3v) is 3.88. The molecule has 2 rings (SSSR count).